The van der Waals surface area contributed by atoms with Gasteiger partial charge in [0, 0.05) is 31.3 Å². The van der Waals surface area contributed by atoms with E-state index in [4.69, 9.17) is 4.52 Å². The van der Waals surface area contributed by atoms with Crippen LogP contribution in [0.5, 0.6) is 0 Å². The summed E-state index contributed by atoms with van der Waals surface area (Å²) in [4.78, 5) is 6.09. The Labute approximate surface area is 143 Å². The van der Waals surface area contributed by atoms with Crippen LogP contribution in [0.15, 0.2) is 48.7 Å². The third-order valence-electron chi connectivity index (χ3n) is 3.60. The highest BCUT2D eigenvalue weighted by molar-refractivity contribution is 7.67. The summed E-state index contributed by atoms with van der Waals surface area (Å²) in [6, 6.07) is 12.4. The van der Waals surface area contributed by atoms with Gasteiger partial charge < -0.3 is 14.5 Å². The molecule has 0 amide bonds. The van der Waals surface area contributed by atoms with Gasteiger partial charge in [-0.2, -0.15) is 0 Å². The molecule has 0 bridgehead atoms. The number of rotatable bonds is 7. The van der Waals surface area contributed by atoms with Gasteiger partial charge in [0.2, 0.25) is 0 Å². The third-order valence-corrected chi connectivity index (χ3v) is 6.06. The normalized spacial score (nSPS) is 15.1. The highest BCUT2D eigenvalue weighted by Crippen LogP contribution is 2.57. The summed E-state index contributed by atoms with van der Waals surface area (Å²) >= 11 is 0. The Morgan fingerprint density at radius 2 is 1.83 bits per heavy atom. The van der Waals surface area contributed by atoms with Crippen molar-refractivity contribution >= 4 is 18.4 Å². The van der Waals surface area contributed by atoms with E-state index in [0.29, 0.717) is 17.6 Å². The Kier molecular flexibility index (Phi) is 6.16. The zero-order valence-corrected chi connectivity index (χ0v) is 15.5. The molecule has 0 fully saturated rings. The molecule has 1 N–H and O–H groups in total. The molecule has 24 heavy (non-hydrogen) atoms. The Balaban J connectivity index is 2.41. The lowest BCUT2D eigenvalue weighted by atomic mass is 10.2. The van der Waals surface area contributed by atoms with E-state index in [0.717, 1.165) is 5.69 Å². The highest BCUT2D eigenvalue weighted by atomic mass is 31.2. The average molecular weight is 348 g/mol. The number of hydrogen-bond acceptors (Lipinski definition) is 5. The van der Waals surface area contributed by atoms with E-state index in [-0.39, 0.29) is 5.92 Å². The number of anilines is 1. The molecule has 1 aromatic heterocycles. The fraction of sp³-hybridized carbons (Fsp3) is 0.389. The van der Waals surface area contributed by atoms with Crippen molar-refractivity contribution in [3.05, 3.63) is 54.4 Å². The van der Waals surface area contributed by atoms with Gasteiger partial charge in [-0.15, -0.1) is 0 Å². The first-order valence-electron chi connectivity index (χ1n) is 7.96. The first-order valence-corrected chi connectivity index (χ1v) is 9.65. The molecule has 2 atom stereocenters. The Morgan fingerprint density at radius 1 is 1.17 bits per heavy atom. The molecule has 2 aromatic rings. The third kappa shape index (κ3) is 4.23. The molecule has 6 heteroatoms. The second kappa shape index (κ2) is 7.93. The lowest BCUT2D eigenvalue weighted by Gasteiger charge is -2.25. The van der Waals surface area contributed by atoms with Gasteiger partial charge in [0.1, 0.15) is 0 Å². The quantitative estimate of drug-likeness (QED) is 0.777. The molecule has 0 aliphatic rings. The standard InChI is InChI=1S/C18H25N2O3P/c1-14(2)13-23-24(22,18(21)17-7-5-6-12-19-17)16-10-8-15(9-11-16)20(3)4/h5-12,14,18,21H,13H2,1-4H3/t18-,24+/m0/s1. The van der Waals surface area contributed by atoms with Gasteiger partial charge in [0.05, 0.1) is 12.3 Å². The van der Waals surface area contributed by atoms with Gasteiger partial charge in [-0.25, -0.2) is 0 Å². The molecule has 0 aliphatic carbocycles. The fourth-order valence-electron chi connectivity index (χ4n) is 2.21. The maximum absolute atomic E-state index is 13.6. The summed E-state index contributed by atoms with van der Waals surface area (Å²) in [5, 5.41) is 11.2. The highest BCUT2D eigenvalue weighted by Gasteiger charge is 2.37. The van der Waals surface area contributed by atoms with Crippen LogP contribution in [0, 0.1) is 5.92 Å². The number of nitrogens with zero attached hydrogens (tertiary/aromatic N) is 2. The van der Waals surface area contributed by atoms with E-state index < -0.39 is 13.2 Å². The molecule has 1 aromatic carbocycles. The largest absolute Gasteiger partial charge is 0.378 e. The number of pyridine rings is 1. The van der Waals surface area contributed by atoms with Crippen molar-refractivity contribution < 1.29 is 14.2 Å². The molecule has 0 radical (unpaired) electrons. The number of aliphatic hydroxyl groups is 1. The first-order chi connectivity index (χ1) is 11.3. The van der Waals surface area contributed by atoms with Gasteiger partial charge in [0.25, 0.3) is 7.37 Å². The van der Waals surface area contributed by atoms with E-state index in [9.17, 15) is 9.67 Å². The minimum absolute atomic E-state index is 0.204. The SMILES string of the molecule is CC(C)CO[P@](=O)(c1ccc(N(C)C)cc1)[C@H](O)c1ccccn1. The Bertz CT molecular complexity index is 687. The first kappa shape index (κ1) is 18.7. The number of hydrogen-bond donors (Lipinski definition) is 1. The van der Waals surface area contributed by atoms with Gasteiger partial charge in [-0.05, 0) is 42.3 Å². The number of aliphatic hydroxyl groups excluding tert-OH is 1. The van der Waals surface area contributed by atoms with E-state index in [1.807, 2.05) is 45.0 Å². The molecular formula is C18H25N2O3P. The zero-order valence-electron chi connectivity index (χ0n) is 14.6. The molecule has 0 aliphatic heterocycles. The Hall–Kier alpha value is -1.68. The second-order valence-corrected chi connectivity index (χ2v) is 8.78. The lowest BCUT2D eigenvalue weighted by Crippen LogP contribution is -2.18. The molecule has 0 spiro atoms. The summed E-state index contributed by atoms with van der Waals surface area (Å²) in [6.07, 6.45) is 1.57. The van der Waals surface area contributed by atoms with Crippen LogP contribution in [0.2, 0.25) is 0 Å². The van der Waals surface area contributed by atoms with Gasteiger partial charge >= 0.3 is 0 Å². The van der Waals surface area contributed by atoms with Crippen LogP contribution in [-0.2, 0) is 9.09 Å². The van der Waals surface area contributed by atoms with Gasteiger partial charge in [0.15, 0.2) is 5.85 Å². The van der Waals surface area contributed by atoms with Crippen molar-refractivity contribution in [2.24, 2.45) is 5.92 Å². The number of aromatic nitrogens is 1. The lowest BCUT2D eigenvalue weighted by molar-refractivity contribution is 0.200. The van der Waals surface area contributed by atoms with Crippen LogP contribution in [0.1, 0.15) is 25.4 Å². The molecule has 130 valence electrons. The van der Waals surface area contributed by atoms with E-state index in [1.54, 1.807) is 36.5 Å². The maximum atomic E-state index is 13.6. The summed E-state index contributed by atoms with van der Waals surface area (Å²) in [7, 11) is 0.360. The molecule has 1 heterocycles. The summed E-state index contributed by atoms with van der Waals surface area (Å²) in [5.74, 6) is -1.09. The van der Waals surface area contributed by atoms with E-state index >= 15 is 0 Å². The Morgan fingerprint density at radius 3 is 2.33 bits per heavy atom. The van der Waals surface area contributed by atoms with Crippen LogP contribution < -0.4 is 10.2 Å². The average Bonchev–Trinajstić information content (AvgIpc) is 2.59. The van der Waals surface area contributed by atoms with E-state index in [1.165, 1.54) is 0 Å². The van der Waals surface area contributed by atoms with Crippen LogP contribution >= 0.6 is 7.37 Å². The van der Waals surface area contributed by atoms with E-state index in [2.05, 4.69) is 4.98 Å². The monoisotopic (exact) mass is 348 g/mol. The van der Waals surface area contributed by atoms with Crippen LogP contribution in [0.25, 0.3) is 0 Å². The predicted octanol–water partition coefficient (Wildman–Crippen LogP) is 3.41. The zero-order chi connectivity index (χ0) is 17.7. The van der Waals surface area contributed by atoms with Crippen LogP contribution in [0.4, 0.5) is 5.69 Å². The predicted molar refractivity (Wildman–Crippen MR) is 98.0 cm³/mol. The van der Waals surface area contributed by atoms with Gasteiger partial charge in [-0.1, -0.05) is 19.9 Å². The molecule has 2 rings (SSSR count). The van der Waals surface area contributed by atoms with Crippen molar-refractivity contribution in [2.75, 3.05) is 25.6 Å². The minimum atomic E-state index is -3.51. The smallest absolute Gasteiger partial charge is 0.265 e. The molecule has 0 saturated carbocycles. The molecule has 0 saturated heterocycles. The summed E-state index contributed by atoms with van der Waals surface area (Å²) < 4.78 is 19.3. The van der Waals surface area contributed by atoms with Crippen molar-refractivity contribution in [1.82, 2.24) is 4.98 Å². The van der Waals surface area contributed by atoms with Gasteiger partial charge in [-0.3, -0.25) is 9.55 Å². The molecule has 0 unspecified atom stereocenters. The summed E-state index contributed by atoms with van der Waals surface area (Å²) in [6.45, 7) is 4.26. The number of benzene rings is 1. The summed E-state index contributed by atoms with van der Waals surface area (Å²) in [5.41, 5.74) is 1.34. The maximum Gasteiger partial charge on any atom is 0.265 e. The fourth-order valence-corrected chi connectivity index (χ4v) is 4.37. The second-order valence-electron chi connectivity index (χ2n) is 6.33. The topological polar surface area (TPSA) is 62.7 Å². The van der Waals surface area contributed by atoms with Crippen molar-refractivity contribution in [2.45, 2.75) is 19.7 Å². The molecule has 5 nitrogen and oxygen atoms in total. The van der Waals surface area contributed by atoms with Crippen molar-refractivity contribution in [3.63, 3.8) is 0 Å². The van der Waals surface area contributed by atoms with Crippen LogP contribution in [0.3, 0.4) is 0 Å². The van der Waals surface area contributed by atoms with Crippen molar-refractivity contribution in [1.29, 1.82) is 0 Å². The van der Waals surface area contributed by atoms with Crippen LogP contribution in [-0.4, -0.2) is 30.8 Å². The minimum Gasteiger partial charge on any atom is -0.378 e. The van der Waals surface area contributed by atoms with Crippen molar-refractivity contribution in [3.8, 4) is 0 Å². The molecular weight excluding hydrogens is 323 g/mol.